The fraction of sp³-hybridized carbons (Fsp3) is 0.588. The largest absolute Gasteiger partial charge is 0.306 e. The van der Waals surface area contributed by atoms with Gasteiger partial charge in [0.1, 0.15) is 0 Å². The Balaban J connectivity index is 2.03. The first-order valence-electron chi connectivity index (χ1n) is 7.29. The molecule has 1 aromatic rings. The quantitative estimate of drug-likeness (QED) is 0.876. The summed E-state index contributed by atoms with van der Waals surface area (Å²) in [6.45, 7) is 4.70. The van der Waals surface area contributed by atoms with Gasteiger partial charge in [-0.25, -0.2) is 0 Å². The van der Waals surface area contributed by atoms with E-state index in [4.69, 9.17) is 5.26 Å². The first-order chi connectivity index (χ1) is 9.11. The van der Waals surface area contributed by atoms with Crippen molar-refractivity contribution in [3.63, 3.8) is 0 Å². The van der Waals surface area contributed by atoms with Crippen LogP contribution in [0, 0.1) is 16.7 Å². The van der Waals surface area contributed by atoms with E-state index in [9.17, 15) is 0 Å². The van der Waals surface area contributed by atoms with Crippen LogP contribution in [0.15, 0.2) is 30.3 Å². The van der Waals surface area contributed by atoms with E-state index in [1.807, 2.05) is 18.2 Å². The number of nitrogens with one attached hydrogen (secondary N) is 1. The van der Waals surface area contributed by atoms with E-state index in [1.165, 1.54) is 31.2 Å². The summed E-state index contributed by atoms with van der Waals surface area (Å²) in [5.41, 5.74) is 1.66. The lowest BCUT2D eigenvalue weighted by Crippen LogP contribution is -2.39. The highest BCUT2D eigenvalue weighted by atomic mass is 15.0. The van der Waals surface area contributed by atoms with Crippen LogP contribution in [-0.4, -0.2) is 6.04 Å². The second-order valence-corrected chi connectivity index (χ2v) is 6.45. The maximum atomic E-state index is 9.04. The van der Waals surface area contributed by atoms with Gasteiger partial charge >= 0.3 is 0 Å². The van der Waals surface area contributed by atoms with Crippen LogP contribution in [0.5, 0.6) is 0 Å². The van der Waals surface area contributed by atoms with Crippen molar-refractivity contribution >= 4 is 0 Å². The first-order valence-corrected chi connectivity index (χ1v) is 7.29. The highest BCUT2D eigenvalue weighted by molar-refractivity contribution is 5.20. The monoisotopic (exact) mass is 256 g/mol. The lowest BCUT2D eigenvalue weighted by Gasteiger charge is -2.37. The average molecular weight is 256 g/mol. The molecule has 1 N–H and O–H groups in total. The summed E-state index contributed by atoms with van der Waals surface area (Å²) in [6.07, 6.45) is 5.60. The second kappa shape index (κ2) is 6.21. The van der Waals surface area contributed by atoms with Gasteiger partial charge < -0.3 is 5.32 Å². The van der Waals surface area contributed by atoms with Crippen LogP contribution < -0.4 is 5.32 Å². The molecule has 1 aliphatic rings. The molecule has 0 amide bonds. The molecule has 2 nitrogen and oxygen atoms in total. The molecule has 0 spiro atoms. The fourth-order valence-corrected chi connectivity index (χ4v) is 3.17. The van der Waals surface area contributed by atoms with Crippen molar-refractivity contribution in [1.82, 2.24) is 5.32 Å². The molecule has 2 heteroatoms. The molecule has 102 valence electrons. The van der Waals surface area contributed by atoms with Gasteiger partial charge in [0.15, 0.2) is 0 Å². The van der Waals surface area contributed by atoms with Crippen LogP contribution in [0.1, 0.15) is 57.6 Å². The number of nitriles is 1. The fourth-order valence-electron chi connectivity index (χ4n) is 3.17. The summed E-state index contributed by atoms with van der Waals surface area (Å²) in [4.78, 5) is 0. The minimum Gasteiger partial charge on any atom is -0.306 e. The Kier molecular flexibility index (Phi) is 4.61. The van der Waals surface area contributed by atoms with Gasteiger partial charge in [-0.2, -0.15) is 5.26 Å². The summed E-state index contributed by atoms with van der Waals surface area (Å²) < 4.78 is 0. The molecule has 1 aliphatic carbocycles. The van der Waals surface area contributed by atoms with E-state index in [2.05, 4.69) is 37.4 Å². The van der Waals surface area contributed by atoms with Gasteiger partial charge in [0.05, 0.1) is 12.5 Å². The topological polar surface area (TPSA) is 35.8 Å². The van der Waals surface area contributed by atoms with E-state index in [0.717, 1.165) is 0 Å². The van der Waals surface area contributed by atoms with Crippen molar-refractivity contribution in [2.75, 3.05) is 0 Å². The third kappa shape index (κ3) is 4.08. The zero-order valence-electron chi connectivity index (χ0n) is 12.0. The number of benzene rings is 1. The molecule has 0 heterocycles. The summed E-state index contributed by atoms with van der Waals surface area (Å²) in [5.74, 6) is 0. The van der Waals surface area contributed by atoms with Crippen molar-refractivity contribution in [3.05, 3.63) is 35.9 Å². The van der Waals surface area contributed by atoms with E-state index >= 15 is 0 Å². The van der Waals surface area contributed by atoms with Gasteiger partial charge in [-0.15, -0.1) is 0 Å². The Morgan fingerprint density at radius 3 is 2.74 bits per heavy atom. The van der Waals surface area contributed by atoms with Crippen molar-refractivity contribution in [2.45, 2.75) is 58.0 Å². The SMILES string of the molecule is CC1(C)CCCC(NC(CC#N)c2ccccc2)C1. The van der Waals surface area contributed by atoms with Crippen LogP contribution in [0.4, 0.5) is 0 Å². The summed E-state index contributed by atoms with van der Waals surface area (Å²) in [5, 5.41) is 12.7. The Morgan fingerprint density at radius 1 is 1.37 bits per heavy atom. The second-order valence-electron chi connectivity index (χ2n) is 6.45. The molecular weight excluding hydrogens is 232 g/mol. The molecule has 2 unspecified atom stereocenters. The highest BCUT2D eigenvalue weighted by Crippen LogP contribution is 2.36. The molecule has 1 aromatic carbocycles. The normalized spacial score (nSPS) is 23.5. The van der Waals surface area contributed by atoms with E-state index < -0.39 is 0 Å². The van der Waals surface area contributed by atoms with Gasteiger partial charge in [-0.3, -0.25) is 0 Å². The highest BCUT2D eigenvalue weighted by Gasteiger charge is 2.29. The molecule has 0 saturated heterocycles. The molecule has 0 aliphatic heterocycles. The first kappa shape index (κ1) is 14.1. The van der Waals surface area contributed by atoms with Crippen LogP contribution in [-0.2, 0) is 0 Å². The van der Waals surface area contributed by atoms with Gasteiger partial charge in [0, 0.05) is 12.1 Å². The van der Waals surface area contributed by atoms with Crippen LogP contribution in [0.2, 0.25) is 0 Å². The number of nitrogens with zero attached hydrogens (tertiary/aromatic N) is 1. The molecular formula is C17H24N2. The van der Waals surface area contributed by atoms with E-state index in [-0.39, 0.29) is 6.04 Å². The van der Waals surface area contributed by atoms with Crippen LogP contribution in [0.25, 0.3) is 0 Å². The molecule has 0 radical (unpaired) electrons. The van der Waals surface area contributed by atoms with Gasteiger partial charge in [0.25, 0.3) is 0 Å². The van der Waals surface area contributed by atoms with Crippen LogP contribution >= 0.6 is 0 Å². The van der Waals surface area contributed by atoms with E-state index in [1.54, 1.807) is 0 Å². The van der Waals surface area contributed by atoms with Crippen molar-refractivity contribution < 1.29 is 0 Å². The standard InChI is InChI=1S/C17H24N2/c1-17(2)11-6-9-15(13-17)19-16(10-12-18)14-7-4-3-5-8-14/h3-5,7-8,15-16,19H,6,9-11,13H2,1-2H3. The molecule has 0 bridgehead atoms. The minimum atomic E-state index is 0.171. The third-order valence-electron chi connectivity index (χ3n) is 4.14. The van der Waals surface area contributed by atoms with Gasteiger partial charge in [0.2, 0.25) is 0 Å². The maximum Gasteiger partial charge on any atom is 0.0641 e. The Labute approximate surface area is 116 Å². The third-order valence-corrected chi connectivity index (χ3v) is 4.14. The number of rotatable bonds is 4. The molecule has 1 saturated carbocycles. The molecule has 0 aromatic heterocycles. The Hall–Kier alpha value is -1.33. The molecule has 2 atom stereocenters. The zero-order valence-corrected chi connectivity index (χ0v) is 12.0. The van der Waals surface area contributed by atoms with Crippen LogP contribution in [0.3, 0.4) is 0 Å². The smallest absolute Gasteiger partial charge is 0.0641 e. The lowest BCUT2D eigenvalue weighted by molar-refractivity contribution is 0.189. The van der Waals surface area contributed by atoms with Crippen molar-refractivity contribution in [2.24, 2.45) is 5.41 Å². The van der Waals surface area contributed by atoms with Crippen molar-refractivity contribution in [3.8, 4) is 6.07 Å². The van der Waals surface area contributed by atoms with Gasteiger partial charge in [-0.05, 0) is 30.2 Å². The summed E-state index contributed by atoms with van der Waals surface area (Å²) >= 11 is 0. The Bertz CT molecular complexity index is 430. The lowest BCUT2D eigenvalue weighted by atomic mass is 9.75. The molecule has 19 heavy (non-hydrogen) atoms. The molecule has 2 rings (SSSR count). The maximum absolute atomic E-state index is 9.04. The van der Waals surface area contributed by atoms with Crippen molar-refractivity contribution in [1.29, 1.82) is 5.26 Å². The predicted molar refractivity (Wildman–Crippen MR) is 78.6 cm³/mol. The zero-order chi connectivity index (χ0) is 13.7. The Morgan fingerprint density at radius 2 is 2.11 bits per heavy atom. The van der Waals surface area contributed by atoms with E-state index in [0.29, 0.717) is 17.9 Å². The number of hydrogen-bond acceptors (Lipinski definition) is 2. The average Bonchev–Trinajstić information content (AvgIpc) is 2.38. The summed E-state index contributed by atoms with van der Waals surface area (Å²) in [7, 11) is 0. The number of hydrogen-bond donors (Lipinski definition) is 1. The summed E-state index contributed by atoms with van der Waals surface area (Å²) in [6, 6.07) is 13.4. The minimum absolute atomic E-state index is 0.171. The predicted octanol–water partition coefficient (Wildman–Crippen LogP) is 4.20. The molecule has 1 fully saturated rings. The van der Waals surface area contributed by atoms with Gasteiger partial charge in [-0.1, -0.05) is 50.6 Å².